The van der Waals surface area contributed by atoms with Crippen molar-refractivity contribution in [3.05, 3.63) is 52.7 Å². The number of fused-ring (bicyclic) bond motifs is 1. The third-order valence-electron chi connectivity index (χ3n) is 4.83. The van der Waals surface area contributed by atoms with Gasteiger partial charge in [-0.1, -0.05) is 25.5 Å². The zero-order valence-electron chi connectivity index (χ0n) is 15.8. The topological polar surface area (TPSA) is 69.0 Å². The Morgan fingerprint density at radius 1 is 1.29 bits per heavy atom. The van der Waals surface area contributed by atoms with Gasteiger partial charge in [-0.05, 0) is 43.4 Å². The lowest BCUT2D eigenvalue weighted by molar-refractivity contribution is 0.431. The van der Waals surface area contributed by atoms with Crippen LogP contribution in [0.25, 0.3) is 11.0 Å². The summed E-state index contributed by atoms with van der Waals surface area (Å²) in [7, 11) is 0. The molecular formula is C21H23FN4O2. The maximum atomic E-state index is 14.0. The first-order chi connectivity index (χ1) is 13.7. The number of ether oxygens (including phenoxy) is 1. The van der Waals surface area contributed by atoms with E-state index in [1.807, 2.05) is 0 Å². The summed E-state index contributed by atoms with van der Waals surface area (Å²) in [6.07, 6.45) is 5.90. The number of hydrogen-bond donors (Lipinski definition) is 1. The number of benzene rings is 1. The van der Waals surface area contributed by atoms with Crippen molar-refractivity contribution in [2.24, 2.45) is 5.92 Å². The predicted molar refractivity (Wildman–Crippen MR) is 106 cm³/mol. The second-order valence-electron chi connectivity index (χ2n) is 7.15. The summed E-state index contributed by atoms with van der Waals surface area (Å²) < 4.78 is 21.2. The summed E-state index contributed by atoms with van der Waals surface area (Å²) in [5.41, 5.74) is 0.240. The van der Waals surface area contributed by atoms with Crippen molar-refractivity contribution >= 4 is 17.0 Å². The molecule has 1 aliphatic rings. The van der Waals surface area contributed by atoms with Gasteiger partial charge in [-0.15, -0.1) is 0 Å². The average molecular weight is 382 g/mol. The smallest absolute Gasteiger partial charge is 0.295 e. The number of nitrogens with one attached hydrogen (secondary N) is 1. The summed E-state index contributed by atoms with van der Waals surface area (Å²) in [5.74, 6) is 0.781. The molecule has 28 heavy (non-hydrogen) atoms. The number of pyridine rings is 1. The SMILES string of the molecule is CCCCn1c(=O)c(Oc2ccccc2F)cc2cnc(NCC3CC3)nc21. The van der Waals surface area contributed by atoms with E-state index in [1.54, 1.807) is 29.0 Å². The lowest BCUT2D eigenvalue weighted by Crippen LogP contribution is -2.23. The molecule has 0 aliphatic heterocycles. The molecule has 1 saturated carbocycles. The highest BCUT2D eigenvalue weighted by molar-refractivity contribution is 5.77. The number of nitrogens with zero attached hydrogens (tertiary/aromatic N) is 3. The van der Waals surface area contributed by atoms with Crippen LogP contribution in [0.4, 0.5) is 10.3 Å². The molecule has 2 heterocycles. The normalized spacial score (nSPS) is 13.6. The van der Waals surface area contributed by atoms with Gasteiger partial charge in [0.05, 0.1) is 0 Å². The number of hydrogen-bond acceptors (Lipinski definition) is 5. The molecule has 0 bridgehead atoms. The number of aromatic nitrogens is 3. The van der Waals surface area contributed by atoms with E-state index in [-0.39, 0.29) is 17.1 Å². The molecule has 146 valence electrons. The van der Waals surface area contributed by atoms with Crippen molar-refractivity contribution in [3.63, 3.8) is 0 Å². The van der Waals surface area contributed by atoms with Gasteiger partial charge in [0, 0.05) is 24.7 Å². The molecule has 0 saturated heterocycles. The maximum absolute atomic E-state index is 14.0. The first-order valence-corrected chi connectivity index (χ1v) is 9.72. The summed E-state index contributed by atoms with van der Waals surface area (Å²) in [5, 5.41) is 3.92. The minimum Gasteiger partial charge on any atom is -0.448 e. The van der Waals surface area contributed by atoms with Crippen LogP contribution in [0.2, 0.25) is 0 Å². The van der Waals surface area contributed by atoms with Crippen molar-refractivity contribution < 1.29 is 9.13 Å². The predicted octanol–water partition coefficient (Wildman–Crippen LogP) is 4.34. The summed E-state index contributed by atoms with van der Waals surface area (Å²) in [4.78, 5) is 21.9. The number of unbranched alkanes of at least 4 members (excludes halogenated alkanes) is 1. The van der Waals surface area contributed by atoms with Gasteiger partial charge in [0.25, 0.3) is 5.56 Å². The van der Waals surface area contributed by atoms with Gasteiger partial charge in [-0.3, -0.25) is 9.36 Å². The van der Waals surface area contributed by atoms with Crippen molar-refractivity contribution in [1.29, 1.82) is 0 Å². The van der Waals surface area contributed by atoms with E-state index < -0.39 is 5.82 Å². The van der Waals surface area contributed by atoms with E-state index in [2.05, 4.69) is 22.2 Å². The lowest BCUT2D eigenvalue weighted by atomic mass is 10.2. The Morgan fingerprint density at radius 2 is 2.11 bits per heavy atom. The number of para-hydroxylation sites is 1. The monoisotopic (exact) mass is 382 g/mol. The standard InChI is InChI=1S/C21H23FN4O2/c1-2-3-10-26-19-15(13-24-21(25-19)23-12-14-8-9-14)11-18(20(26)27)28-17-7-5-4-6-16(17)22/h4-7,11,13-14H,2-3,8-10,12H2,1H3,(H,23,24,25). The molecule has 7 heteroatoms. The molecule has 0 unspecified atom stereocenters. The Bertz CT molecular complexity index is 1050. The van der Waals surface area contributed by atoms with Crippen LogP contribution in [0.15, 0.2) is 41.3 Å². The lowest BCUT2D eigenvalue weighted by Gasteiger charge is -2.13. The minimum absolute atomic E-state index is 0.0182. The highest BCUT2D eigenvalue weighted by Gasteiger charge is 2.21. The number of rotatable bonds is 8. The summed E-state index contributed by atoms with van der Waals surface area (Å²) >= 11 is 0. The minimum atomic E-state index is -0.516. The highest BCUT2D eigenvalue weighted by Crippen LogP contribution is 2.29. The Kier molecular flexibility index (Phi) is 5.23. The summed E-state index contributed by atoms with van der Waals surface area (Å²) in [6.45, 7) is 3.42. The van der Waals surface area contributed by atoms with E-state index in [0.717, 1.165) is 19.4 Å². The molecule has 1 fully saturated rings. The van der Waals surface area contributed by atoms with E-state index >= 15 is 0 Å². The molecule has 0 radical (unpaired) electrons. The molecule has 0 atom stereocenters. The molecule has 3 aromatic rings. The first kappa shape index (κ1) is 18.4. The van der Waals surface area contributed by atoms with E-state index in [4.69, 9.17) is 4.74 Å². The second kappa shape index (κ2) is 7.96. The van der Waals surface area contributed by atoms with E-state index in [0.29, 0.717) is 29.4 Å². The Morgan fingerprint density at radius 3 is 2.86 bits per heavy atom. The van der Waals surface area contributed by atoms with Gasteiger partial charge in [0.15, 0.2) is 17.3 Å². The van der Waals surface area contributed by atoms with Crippen LogP contribution in [-0.4, -0.2) is 21.1 Å². The van der Waals surface area contributed by atoms with E-state index in [1.165, 1.54) is 25.0 Å². The zero-order chi connectivity index (χ0) is 19.5. The molecule has 6 nitrogen and oxygen atoms in total. The molecule has 2 aromatic heterocycles. The fourth-order valence-electron chi connectivity index (χ4n) is 3.02. The van der Waals surface area contributed by atoms with Gasteiger partial charge >= 0.3 is 0 Å². The zero-order valence-corrected chi connectivity index (χ0v) is 15.8. The fraction of sp³-hybridized carbons (Fsp3) is 0.381. The quantitative estimate of drug-likeness (QED) is 0.627. The second-order valence-corrected chi connectivity index (χ2v) is 7.15. The van der Waals surface area contributed by atoms with Gasteiger partial charge in [0.2, 0.25) is 5.95 Å². The molecule has 1 N–H and O–H groups in total. The molecule has 0 amide bonds. The van der Waals surface area contributed by atoms with Crippen molar-refractivity contribution in [1.82, 2.24) is 14.5 Å². The van der Waals surface area contributed by atoms with Crippen molar-refractivity contribution in [2.45, 2.75) is 39.2 Å². The van der Waals surface area contributed by atoms with E-state index in [9.17, 15) is 9.18 Å². The van der Waals surface area contributed by atoms with Gasteiger partial charge in [0.1, 0.15) is 5.65 Å². The Labute approximate surface area is 162 Å². The number of halogens is 1. The van der Waals surface area contributed by atoms with Crippen LogP contribution in [0, 0.1) is 11.7 Å². The fourth-order valence-corrected chi connectivity index (χ4v) is 3.02. The van der Waals surface area contributed by atoms with Crippen LogP contribution < -0.4 is 15.6 Å². The third kappa shape index (κ3) is 3.98. The van der Waals surface area contributed by atoms with Crippen LogP contribution in [0.5, 0.6) is 11.5 Å². The largest absolute Gasteiger partial charge is 0.448 e. The molecule has 0 spiro atoms. The number of aryl methyl sites for hydroxylation is 1. The van der Waals surface area contributed by atoms with Gasteiger partial charge < -0.3 is 10.1 Å². The molecule has 1 aromatic carbocycles. The summed E-state index contributed by atoms with van der Waals surface area (Å²) in [6, 6.07) is 7.61. The van der Waals surface area contributed by atoms with Crippen LogP contribution in [-0.2, 0) is 6.54 Å². The molecular weight excluding hydrogens is 359 g/mol. The first-order valence-electron chi connectivity index (χ1n) is 9.72. The maximum Gasteiger partial charge on any atom is 0.295 e. The Balaban J connectivity index is 1.74. The Hall–Kier alpha value is -2.96. The average Bonchev–Trinajstić information content (AvgIpc) is 3.53. The molecule has 1 aliphatic carbocycles. The van der Waals surface area contributed by atoms with Gasteiger partial charge in [-0.2, -0.15) is 4.98 Å². The van der Waals surface area contributed by atoms with Gasteiger partial charge in [-0.25, -0.2) is 9.37 Å². The highest BCUT2D eigenvalue weighted by atomic mass is 19.1. The van der Waals surface area contributed by atoms with Crippen molar-refractivity contribution in [3.8, 4) is 11.5 Å². The van der Waals surface area contributed by atoms with Crippen LogP contribution in [0.1, 0.15) is 32.6 Å². The van der Waals surface area contributed by atoms with Crippen molar-refractivity contribution in [2.75, 3.05) is 11.9 Å². The number of anilines is 1. The van der Waals surface area contributed by atoms with Crippen LogP contribution >= 0.6 is 0 Å². The molecule has 4 rings (SSSR count). The van der Waals surface area contributed by atoms with Crippen LogP contribution in [0.3, 0.4) is 0 Å². The third-order valence-corrected chi connectivity index (χ3v) is 4.83.